The van der Waals surface area contributed by atoms with Crippen molar-refractivity contribution in [3.63, 3.8) is 0 Å². The molecule has 8 heteroatoms. The first-order valence-corrected chi connectivity index (χ1v) is 10.8. The minimum absolute atomic E-state index is 0.0142. The van der Waals surface area contributed by atoms with E-state index in [0.29, 0.717) is 28.7 Å². The normalized spacial score (nSPS) is 13.4. The molecule has 0 spiro atoms. The Bertz CT molecular complexity index is 927. The van der Waals surface area contributed by atoms with Crippen molar-refractivity contribution in [1.82, 2.24) is 24.8 Å². The van der Waals surface area contributed by atoms with Gasteiger partial charge in [-0.2, -0.15) is 0 Å². The van der Waals surface area contributed by atoms with Crippen LogP contribution in [0.25, 0.3) is 10.8 Å². The van der Waals surface area contributed by atoms with Crippen molar-refractivity contribution in [2.75, 3.05) is 7.05 Å². The van der Waals surface area contributed by atoms with Gasteiger partial charge in [0.05, 0.1) is 17.9 Å². The van der Waals surface area contributed by atoms with Crippen LogP contribution in [0.4, 0.5) is 0 Å². The molecular weight excluding hydrogens is 378 g/mol. The van der Waals surface area contributed by atoms with Gasteiger partial charge in [-0.1, -0.05) is 6.92 Å². The average Bonchev–Trinajstić information content (AvgIpc) is 3.31. The largest absolute Gasteiger partial charge is 0.334 e. The van der Waals surface area contributed by atoms with Crippen LogP contribution < -0.4 is 0 Å². The number of carbonyl (C=O) groups excluding carboxylic acids is 1. The lowest BCUT2D eigenvalue weighted by Gasteiger charge is -2.15. The van der Waals surface area contributed by atoms with Gasteiger partial charge >= 0.3 is 0 Å². The number of nitrogens with zero attached hydrogens (tertiary/aromatic N) is 5. The van der Waals surface area contributed by atoms with Gasteiger partial charge in [-0.05, 0) is 38.2 Å². The zero-order valence-corrected chi connectivity index (χ0v) is 17.1. The summed E-state index contributed by atoms with van der Waals surface area (Å²) >= 11 is 3.12. The number of rotatable bonds is 5. The smallest absolute Gasteiger partial charge is 0.266 e. The molecule has 27 heavy (non-hydrogen) atoms. The Morgan fingerprint density at radius 2 is 1.93 bits per heavy atom. The number of thiazole rings is 2. The first kappa shape index (κ1) is 18.2. The predicted octanol–water partition coefficient (Wildman–Crippen LogP) is 3.77. The summed E-state index contributed by atoms with van der Waals surface area (Å²) in [6.07, 6.45) is 8.73. The van der Waals surface area contributed by atoms with E-state index in [2.05, 4.69) is 15.0 Å². The topological polar surface area (TPSA) is 71.9 Å². The van der Waals surface area contributed by atoms with Crippen molar-refractivity contribution in [3.05, 3.63) is 44.6 Å². The van der Waals surface area contributed by atoms with E-state index in [0.717, 1.165) is 23.5 Å². The van der Waals surface area contributed by atoms with E-state index >= 15 is 0 Å². The first-order valence-electron chi connectivity index (χ1n) is 9.15. The summed E-state index contributed by atoms with van der Waals surface area (Å²) in [6.45, 7) is 2.55. The number of aromatic nitrogens is 4. The van der Waals surface area contributed by atoms with E-state index in [9.17, 15) is 4.79 Å². The van der Waals surface area contributed by atoms with E-state index in [-0.39, 0.29) is 5.91 Å². The summed E-state index contributed by atoms with van der Waals surface area (Å²) in [5, 5.41) is 1.71. The van der Waals surface area contributed by atoms with Gasteiger partial charge in [-0.3, -0.25) is 4.79 Å². The van der Waals surface area contributed by atoms with Crippen LogP contribution in [-0.2, 0) is 25.8 Å². The average molecular weight is 400 g/mol. The molecule has 4 rings (SSSR count). The summed E-state index contributed by atoms with van der Waals surface area (Å²) in [6, 6.07) is 1.77. The minimum atomic E-state index is -0.0142. The van der Waals surface area contributed by atoms with Crippen molar-refractivity contribution in [1.29, 1.82) is 0 Å². The minimum Gasteiger partial charge on any atom is -0.334 e. The van der Waals surface area contributed by atoms with Gasteiger partial charge in [0.15, 0.2) is 10.8 Å². The van der Waals surface area contributed by atoms with Gasteiger partial charge in [-0.15, -0.1) is 22.7 Å². The number of carbonyl (C=O) groups is 1. The van der Waals surface area contributed by atoms with E-state index in [1.54, 1.807) is 34.7 Å². The van der Waals surface area contributed by atoms with Gasteiger partial charge < -0.3 is 4.90 Å². The maximum Gasteiger partial charge on any atom is 0.266 e. The Hall–Kier alpha value is -2.19. The summed E-state index contributed by atoms with van der Waals surface area (Å²) in [4.78, 5) is 34.7. The molecule has 0 saturated heterocycles. The Morgan fingerprint density at radius 3 is 2.67 bits per heavy atom. The Morgan fingerprint density at radius 1 is 1.15 bits per heavy atom. The highest BCUT2D eigenvalue weighted by atomic mass is 32.1. The third kappa shape index (κ3) is 3.77. The molecule has 0 aromatic carbocycles. The number of hydrogen-bond acceptors (Lipinski definition) is 7. The molecule has 0 atom stereocenters. The van der Waals surface area contributed by atoms with E-state index < -0.39 is 0 Å². The monoisotopic (exact) mass is 399 g/mol. The fourth-order valence-electron chi connectivity index (χ4n) is 3.18. The quantitative estimate of drug-likeness (QED) is 0.653. The molecule has 3 aromatic heterocycles. The fraction of sp³-hybridized carbons (Fsp3) is 0.421. The Labute approximate surface area is 166 Å². The fourth-order valence-corrected chi connectivity index (χ4v) is 5.49. The zero-order valence-electron chi connectivity index (χ0n) is 15.4. The molecule has 3 heterocycles. The molecule has 1 amide bonds. The van der Waals surface area contributed by atoms with E-state index in [1.807, 2.05) is 14.0 Å². The molecule has 140 valence electrons. The molecule has 0 saturated carbocycles. The second-order valence-electron chi connectivity index (χ2n) is 6.57. The van der Waals surface area contributed by atoms with Gasteiger partial charge in [-0.25, -0.2) is 19.9 Å². The second kappa shape index (κ2) is 7.82. The number of amides is 1. The lowest BCUT2D eigenvalue weighted by atomic mass is 10.0. The summed E-state index contributed by atoms with van der Waals surface area (Å²) in [5.74, 6) is 0.547. The lowest BCUT2D eigenvalue weighted by Crippen LogP contribution is -2.26. The van der Waals surface area contributed by atoms with Gasteiger partial charge in [0, 0.05) is 24.3 Å². The highest BCUT2D eigenvalue weighted by Gasteiger charge is 2.23. The molecule has 0 N–H and O–H groups in total. The number of fused-ring (bicyclic) bond motifs is 1. The molecule has 0 bridgehead atoms. The molecule has 0 radical (unpaired) electrons. The van der Waals surface area contributed by atoms with E-state index in [1.165, 1.54) is 34.7 Å². The zero-order chi connectivity index (χ0) is 18.8. The van der Waals surface area contributed by atoms with Crippen LogP contribution in [0.2, 0.25) is 0 Å². The molecule has 1 aliphatic rings. The van der Waals surface area contributed by atoms with Gasteiger partial charge in [0.25, 0.3) is 5.91 Å². The molecule has 0 aliphatic heterocycles. The van der Waals surface area contributed by atoms with Crippen LogP contribution in [0.5, 0.6) is 0 Å². The Balaban J connectivity index is 1.54. The molecule has 0 unspecified atom stereocenters. The third-order valence-corrected chi connectivity index (χ3v) is 6.82. The molecule has 0 fully saturated rings. The van der Waals surface area contributed by atoms with Crippen LogP contribution in [0, 0.1) is 0 Å². The first-order chi connectivity index (χ1) is 13.2. The van der Waals surface area contributed by atoms with Gasteiger partial charge in [0.2, 0.25) is 0 Å². The van der Waals surface area contributed by atoms with E-state index in [4.69, 9.17) is 4.98 Å². The van der Waals surface area contributed by atoms with Crippen LogP contribution in [-0.4, -0.2) is 37.8 Å². The van der Waals surface area contributed by atoms with Gasteiger partial charge in [0.1, 0.15) is 9.88 Å². The second-order valence-corrected chi connectivity index (χ2v) is 8.73. The SMILES string of the molecule is CCc1nc(-c2ncccn2)sc1C(=O)N(C)Cc1nc2c(s1)CCCC2. The van der Waals surface area contributed by atoms with Crippen molar-refractivity contribution in [3.8, 4) is 10.8 Å². The molecule has 6 nitrogen and oxygen atoms in total. The summed E-state index contributed by atoms with van der Waals surface area (Å²) in [5.41, 5.74) is 2.04. The Kier molecular flexibility index (Phi) is 5.27. The number of hydrogen-bond donors (Lipinski definition) is 0. The highest BCUT2D eigenvalue weighted by molar-refractivity contribution is 7.17. The van der Waals surface area contributed by atoms with Crippen LogP contribution in [0.3, 0.4) is 0 Å². The lowest BCUT2D eigenvalue weighted by molar-refractivity contribution is 0.0788. The van der Waals surface area contributed by atoms with Crippen molar-refractivity contribution >= 4 is 28.6 Å². The standard InChI is InChI=1S/C19H21N5OS2/c1-3-12-16(27-18(23-12)17-20-9-6-10-21-17)19(25)24(2)11-15-22-13-7-4-5-8-14(13)26-15/h6,9-10H,3-5,7-8,11H2,1-2H3. The third-order valence-electron chi connectivity index (χ3n) is 4.59. The molecular formula is C19H21N5OS2. The van der Waals surface area contributed by atoms with Crippen LogP contribution in [0.15, 0.2) is 18.5 Å². The predicted molar refractivity (Wildman–Crippen MR) is 107 cm³/mol. The maximum atomic E-state index is 13.0. The number of aryl methyl sites for hydroxylation is 3. The van der Waals surface area contributed by atoms with Crippen molar-refractivity contribution < 1.29 is 4.79 Å². The van der Waals surface area contributed by atoms with Crippen molar-refractivity contribution in [2.45, 2.75) is 45.6 Å². The maximum absolute atomic E-state index is 13.0. The van der Waals surface area contributed by atoms with Crippen LogP contribution >= 0.6 is 22.7 Å². The summed E-state index contributed by atoms with van der Waals surface area (Å²) in [7, 11) is 1.83. The summed E-state index contributed by atoms with van der Waals surface area (Å²) < 4.78 is 0. The molecule has 1 aliphatic carbocycles. The highest BCUT2D eigenvalue weighted by Crippen LogP contribution is 2.29. The van der Waals surface area contributed by atoms with Crippen molar-refractivity contribution in [2.24, 2.45) is 0 Å². The molecule has 3 aromatic rings. The van der Waals surface area contributed by atoms with Crippen LogP contribution in [0.1, 0.15) is 50.7 Å².